The van der Waals surface area contributed by atoms with Crippen LogP contribution in [0.4, 0.5) is 5.69 Å². The Kier molecular flexibility index (Phi) is 8.78. The van der Waals surface area contributed by atoms with Crippen LogP contribution in [0.1, 0.15) is 78.2 Å². The summed E-state index contributed by atoms with van der Waals surface area (Å²) in [6, 6.07) is 17.8. The van der Waals surface area contributed by atoms with E-state index < -0.39 is 18.3 Å². The first-order chi connectivity index (χ1) is 29.8. The summed E-state index contributed by atoms with van der Waals surface area (Å²) >= 11 is 0. The highest BCUT2D eigenvalue weighted by molar-refractivity contribution is 6.62. The van der Waals surface area contributed by atoms with Gasteiger partial charge in [-0.3, -0.25) is 0 Å². The Balaban J connectivity index is 0.997. The molecule has 7 atom stereocenters. The average Bonchev–Trinajstić information content (AvgIpc) is 3.89. The quantitative estimate of drug-likeness (QED) is 0.222. The fourth-order valence-corrected chi connectivity index (χ4v) is 12.5. The standard InChI is InChI=1S/C56H57BN2O2/c1-55(2)56(3,4)61-57(60-55)38-29-34-47-48(35-38)54(37-27-32-40(33-28-37)59-51-23-13-9-17-43(51)44-18-10-14-24-52(44)59)46-20-6-5-19-45(46)53(47)36-25-30-39(31-26-36)58-49-21-11-7-15-41(49)42-16-8-12-22-50(42)58/h5-8,11-16,20-27,29-32,34-35,41-43,45,49-51H,9-10,17-19,28,33H2,1-4H3/t41-,42?,43?,45?,49?,50+,51?/m1/s1. The van der Waals surface area contributed by atoms with E-state index in [1.807, 2.05) is 0 Å². The number of hydrogen-bond acceptors (Lipinski definition) is 4. The molecule has 306 valence electrons. The van der Waals surface area contributed by atoms with Crippen molar-refractivity contribution in [2.45, 2.75) is 102 Å². The van der Waals surface area contributed by atoms with E-state index in [1.165, 1.54) is 81.1 Å². The Morgan fingerprint density at radius 3 is 2.16 bits per heavy atom. The van der Waals surface area contributed by atoms with Gasteiger partial charge in [0.2, 0.25) is 0 Å². The predicted octanol–water partition coefficient (Wildman–Crippen LogP) is 9.75. The highest BCUT2D eigenvalue weighted by Crippen LogP contribution is 2.49. The van der Waals surface area contributed by atoms with Crippen LogP contribution in [-0.4, -0.2) is 41.3 Å². The summed E-state index contributed by atoms with van der Waals surface area (Å²) in [5.74, 6) is 1.88. The summed E-state index contributed by atoms with van der Waals surface area (Å²) in [6.07, 6.45) is 48.2. The Bertz CT molecular complexity index is 2640. The van der Waals surface area contributed by atoms with E-state index in [0.29, 0.717) is 35.9 Å². The number of hydrogen-bond donors (Lipinski definition) is 0. The zero-order chi connectivity index (χ0) is 41.0. The summed E-state index contributed by atoms with van der Waals surface area (Å²) in [5.41, 5.74) is 13.2. The number of allylic oxidation sites excluding steroid dienone is 15. The molecule has 2 fully saturated rings. The molecular formula is C56H57BN2O2. The first-order valence-corrected chi connectivity index (χ1v) is 23.2. The van der Waals surface area contributed by atoms with Crippen LogP contribution in [0, 0.1) is 23.7 Å². The zero-order valence-electron chi connectivity index (χ0n) is 36.1. The molecule has 5 unspecified atom stereocenters. The van der Waals surface area contributed by atoms with E-state index in [4.69, 9.17) is 9.31 Å². The Morgan fingerprint density at radius 1 is 0.672 bits per heavy atom. The van der Waals surface area contributed by atoms with Gasteiger partial charge in [0.05, 0.1) is 29.3 Å². The molecule has 7 aliphatic carbocycles. The summed E-state index contributed by atoms with van der Waals surface area (Å²) in [7, 11) is -0.428. The number of anilines is 1. The zero-order valence-corrected chi connectivity index (χ0v) is 36.1. The van der Waals surface area contributed by atoms with Crippen molar-refractivity contribution < 1.29 is 9.31 Å². The largest absolute Gasteiger partial charge is 0.494 e. The maximum absolute atomic E-state index is 6.70. The second-order valence-electron chi connectivity index (χ2n) is 19.8. The fourth-order valence-electron chi connectivity index (χ4n) is 12.5. The van der Waals surface area contributed by atoms with Crippen molar-refractivity contribution in [1.29, 1.82) is 0 Å². The van der Waals surface area contributed by atoms with E-state index in [2.05, 4.69) is 183 Å². The van der Waals surface area contributed by atoms with E-state index in [-0.39, 0.29) is 5.92 Å². The lowest BCUT2D eigenvalue weighted by Crippen LogP contribution is -2.44. The molecule has 0 N–H and O–H groups in total. The molecule has 2 aromatic carbocycles. The predicted molar refractivity (Wildman–Crippen MR) is 251 cm³/mol. The van der Waals surface area contributed by atoms with Crippen LogP contribution in [0.2, 0.25) is 0 Å². The molecule has 0 aromatic heterocycles. The maximum Gasteiger partial charge on any atom is 0.494 e. The minimum absolute atomic E-state index is 0.262. The van der Waals surface area contributed by atoms with Gasteiger partial charge in [0.1, 0.15) is 0 Å². The van der Waals surface area contributed by atoms with Crippen molar-refractivity contribution in [3.8, 4) is 0 Å². The van der Waals surface area contributed by atoms with Gasteiger partial charge in [-0.1, -0.05) is 121 Å². The molecule has 5 heteroatoms. The monoisotopic (exact) mass is 800 g/mol. The third-order valence-corrected chi connectivity index (χ3v) is 16.1. The van der Waals surface area contributed by atoms with Crippen molar-refractivity contribution in [2.24, 2.45) is 23.7 Å². The molecule has 0 spiro atoms. The van der Waals surface area contributed by atoms with E-state index in [0.717, 1.165) is 24.7 Å². The first-order valence-electron chi connectivity index (χ1n) is 23.2. The van der Waals surface area contributed by atoms with Crippen LogP contribution < -0.4 is 20.8 Å². The van der Waals surface area contributed by atoms with Crippen LogP contribution in [0.25, 0.3) is 11.1 Å². The normalized spacial score (nSPS) is 32.0. The van der Waals surface area contributed by atoms with Crippen molar-refractivity contribution in [2.75, 3.05) is 4.90 Å². The molecule has 10 aliphatic rings. The smallest absolute Gasteiger partial charge is 0.399 e. The van der Waals surface area contributed by atoms with Gasteiger partial charge in [0.15, 0.2) is 0 Å². The molecule has 2 saturated heterocycles. The molecular weight excluding hydrogens is 743 g/mol. The Morgan fingerprint density at radius 2 is 1.43 bits per heavy atom. The highest BCUT2D eigenvalue weighted by Gasteiger charge is 2.52. The van der Waals surface area contributed by atoms with E-state index >= 15 is 0 Å². The van der Waals surface area contributed by atoms with Crippen molar-refractivity contribution in [3.63, 3.8) is 0 Å². The summed E-state index contributed by atoms with van der Waals surface area (Å²) in [5, 5.41) is 2.63. The van der Waals surface area contributed by atoms with Crippen LogP contribution >= 0.6 is 0 Å². The van der Waals surface area contributed by atoms with Crippen molar-refractivity contribution in [1.82, 2.24) is 4.90 Å². The number of fused-ring (bicyclic) bond motifs is 7. The molecule has 0 radical (unpaired) electrons. The lowest BCUT2D eigenvalue weighted by atomic mass is 9.70. The van der Waals surface area contributed by atoms with Gasteiger partial charge >= 0.3 is 7.12 Å². The molecule has 61 heavy (non-hydrogen) atoms. The average molecular weight is 801 g/mol. The van der Waals surface area contributed by atoms with Crippen LogP contribution in [0.15, 0.2) is 174 Å². The molecule has 12 rings (SSSR count). The van der Waals surface area contributed by atoms with Gasteiger partial charge in [-0.25, -0.2) is 0 Å². The van der Waals surface area contributed by atoms with Gasteiger partial charge in [-0.2, -0.15) is 0 Å². The van der Waals surface area contributed by atoms with Crippen LogP contribution in [0.3, 0.4) is 0 Å². The summed E-state index contributed by atoms with van der Waals surface area (Å²) < 4.78 is 13.4. The number of benzene rings is 2. The second kappa shape index (κ2) is 14.2. The first kappa shape index (κ1) is 37.6. The number of rotatable bonds is 5. The lowest BCUT2D eigenvalue weighted by molar-refractivity contribution is 0.00578. The molecule has 0 amide bonds. The lowest BCUT2D eigenvalue weighted by Gasteiger charge is -2.36. The fraction of sp³-hybridized carbons (Fsp3) is 0.357. The molecule has 0 saturated carbocycles. The van der Waals surface area contributed by atoms with Crippen molar-refractivity contribution in [3.05, 3.63) is 190 Å². The van der Waals surface area contributed by atoms with Gasteiger partial charge < -0.3 is 19.1 Å². The van der Waals surface area contributed by atoms with Gasteiger partial charge in [0.25, 0.3) is 0 Å². The molecule has 2 aromatic rings. The maximum atomic E-state index is 6.70. The topological polar surface area (TPSA) is 24.9 Å². The molecule has 3 heterocycles. The summed E-state index contributed by atoms with van der Waals surface area (Å²) in [4.78, 5) is 5.36. The Labute approximate surface area is 362 Å². The number of nitrogens with zero attached hydrogens (tertiary/aromatic N) is 2. The minimum Gasteiger partial charge on any atom is -0.399 e. The second-order valence-corrected chi connectivity index (χ2v) is 19.8. The van der Waals surface area contributed by atoms with Crippen LogP contribution in [-0.2, 0) is 9.31 Å². The van der Waals surface area contributed by atoms with Gasteiger partial charge in [0, 0.05) is 40.8 Å². The van der Waals surface area contributed by atoms with E-state index in [9.17, 15) is 0 Å². The van der Waals surface area contributed by atoms with Gasteiger partial charge in [-0.15, -0.1) is 0 Å². The molecule has 4 nitrogen and oxygen atoms in total. The van der Waals surface area contributed by atoms with E-state index in [1.54, 1.807) is 5.57 Å². The summed E-state index contributed by atoms with van der Waals surface area (Å²) in [6.45, 7) is 8.60. The minimum atomic E-state index is -0.428. The van der Waals surface area contributed by atoms with Crippen LogP contribution in [0.5, 0.6) is 0 Å². The highest BCUT2D eigenvalue weighted by atomic mass is 16.7. The SMILES string of the molecule is CC1(C)OB(c2ccc3c(c2)=C(C2=CC=C(N4C5=C(CCC=C5)C5CCC=CC54)CC2)C2=CC=CCC2C=3c2ccc(N3C4C=CC=C[C@@H]4C4C=CC=C[C@@H]43)cc2)OC1(C)C. The third-order valence-electron chi connectivity index (χ3n) is 16.1. The molecule has 3 aliphatic heterocycles. The molecule has 0 bridgehead atoms. The Hall–Kier alpha value is -5.10. The van der Waals surface area contributed by atoms with Gasteiger partial charge in [-0.05, 0) is 146 Å². The third kappa shape index (κ3) is 5.86. The van der Waals surface area contributed by atoms with Crippen molar-refractivity contribution >= 4 is 29.4 Å².